The van der Waals surface area contributed by atoms with E-state index in [1.54, 1.807) is 12.1 Å². The van der Waals surface area contributed by atoms with Crippen LogP contribution in [0.15, 0.2) is 36.4 Å². The standard InChI is InChI=1S/C16H18O2/c1-10-9-16(18)11(2)8-15(10)12(3)13-4-6-14(17)7-5-13/h4-9,12,17-18H,1-3H3. The molecule has 2 aromatic rings. The molecule has 2 aromatic carbocycles. The third-order valence-electron chi connectivity index (χ3n) is 3.44. The first kappa shape index (κ1) is 12.5. The largest absolute Gasteiger partial charge is 0.508 e. The van der Waals surface area contributed by atoms with Gasteiger partial charge < -0.3 is 10.2 Å². The summed E-state index contributed by atoms with van der Waals surface area (Å²) in [6.07, 6.45) is 0. The number of rotatable bonds is 2. The van der Waals surface area contributed by atoms with Crippen LogP contribution in [0.1, 0.15) is 35.1 Å². The van der Waals surface area contributed by atoms with Crippen LogP contribution >= 0.6 is 0 Å². The summed E-state index contributed by atoms with van der Waals surface area (Å²) in [4.78, 5) is 0. The molecular formula is C16H18O2. The first-order chi connectivity index (χ1) is 8.49. The Bertz CT molecular complexity index is 556. The van der Waals surface area contributed by atoms with Gasteiger partial charge in [-0.25, -0.2) is 0 Å². The molecule has 0 amide bonds. The van der Waals surface area contributed by atoms with E-state index < -0.39 is 0 Å². The van der Waals surface area contributed by atoms with E-state index >= 15 is 0 Å². The molecule has 0 bridgehead atoms. The maximum absolute atomic E-state index is 9.68. The van der Waals surface area contributed by atoms with E-state index in [0.717, 1.165) is 16.7 Å². The Balaban J connectivity index is 2.42. The zero-order chi connectivity index (χ0) is 13.3. The van der Waals surface area contributed by atoms with Gasteiger partial charge in [0, 0.05) is 5.92 Å². The molecule has 2 rings (SSSR count). The molecular weight excluding hydrogens is 224 g/mol. The van der Waals surface area contributed by atoms with E-state index in [1.807, 2.05) is 38.1 Å². The van der Waals surface area contributed by atoms with E-state index in [2.05, 4.69) is 6.92 Å². The monoisotopic (exact) mass is 242 g/mol. The highest BCUT2D eigenvalue weighted by Crippen LogP contribution is 2.31. The molecule has 0 aliphatic rings. The van der Waals surface area contributed by atoms with Gasteiger partial charge in [-0.3, -0.25) is 0 Å². The topological polar surface area (TPSA) is 40.5 Å². The molecule has 2 N–H and O–H groups in total. The molecule has 0 fully saturated rings. The van der Waals surface area contributed by atoms with Crippen LogP contribution in [0.5, 0.6) is 11.5 Å². The van der Waals surface area contributed by atoms with E-state index in [0.29, 0.717) is 5.75 Å². The van der Waals surface area contributed by atoms with Crippen LogP contribution in [0.25, 0.3) is 0 Å². The van der Waals surface area contributed by atoms with Crippen LogP contribution in [0.4, 0.5) is 0 Å². The van der Waals surface area contributed by atoms with Crippen molar-refractivity contribution >= 4 is 0 Å². The highest BCUT2D eigenvalue weighted by molar-refractivity contribution is 5.45. The van der Waals surface area contributed by atoms with Crippen LogP contribution in [-0.2, 0) is 0 Å². The van der Waals surface area contributed by atoms with Gasteiger partial charge in [-0.2, -0.15) is 0 Å². The lowest BCUT2D eigenvalue weighted by molar-refractivity contribution is 0.470. The smallest absolute Gasteiger partial charge is 0.118 e. The molecule has 0 heterocycles. The first-order valence-corrected chi connectivity index (χ1v) is 6.08. The summed E-state index contributed by atoms with van der Waals surface area (Å²) in [6.45, 7) is 6.04. The summed E-state index contributed by atoms with van der Waals surface area (Å²) in [5.74, 6) is 0.864. The predicted octanol–water partition coefficient (Wildman–Crippen LogP) is 3.87. The van der Waals surface area contributed by atoms with Crippen LogP contribution in [0.3, 0.4) is 0 Å². The number of phenols is 2. The Morgan fingerprint density at radius 2 is 1.50 bits per heavy atom. The third-order valence-corrected chi connectivity index (χ3v) is 3.44. The maximum atomic E-state index is 9.68. The van der Waals surface area contributed by atoms with Gasteiger partial charge in [-0.05, 0) is 54.3 Å². The normalized spacial score (nSPS) is 12.4. The van der Waals surface area contributed by atoms with Gasteiger partial charge in [0.25, 0.3) is 0 Å². The molecule has 2 nitrogen and oxygen atoms in total. The molecule has 0 aromatic heterocycles. The second-order valence-electron chi connectivity index (χ2n) is 4.81. The van der Waals surface area contributed by atoms with Gasteiger partial charge in [0.05, 0.1) is 0 Å². The van der Waals surface area contributed by atoms with Crippen LogP contribution in [-0.4, -0.2) is 10.2 Å². The van der Waals surface area contributed by atoms with E-state index in [9.17, 15) is 10.2 Å². The van der Waals surface area contributed by atoms with Crippen LogP contribution in [0.2, 0.25) is 0 Å². The molecule has 0 aliphatic carbocycles. The molecule has 0 saturated carbocycles. The molecule has 94 valence electrons. The second-order valence-corrected chi connectivity index (χ2v) is 4.81. The Kier molecular flexibility index (Phi) is 3.28. The molecule has 1 unspecified atom stereocenters. The van der Waals surface area contributed by atoms with Crippen LogP contribution < -0.4 is 0 Å². The summed E-state index contributed by atoms with van der Waals surface area (Å²) in [7, 11) is 0. The van der Waals surface area contributed by atoms with Crippen molar-refractivity contribution in [3.05, 3.63) is 58.7 Å². The van der Waals surface area contributed by atoms with E-state index in [4.69, 9.17) is 0 Å². The second kappa shape index (κ2) is 4.73. The average molecular weight is 242 g/mol. The number of aryl methyl sites for hydroxylation is 2. The first-order valence-electron chi connectivity index (χ1n) is 6.08. The van der Waals surface area contributed by atoms with Gasteiger partial charge in [-0.15, -0.1) is 0 Å². The number of benzene rings is 2. The minimum absolute atomic E-state index is 0.241. The third kappa shape index (κ3) is 2.33. The van der Waals surface area contributed by atoms with Crippen molar-refractivity contribution in [2.45, 2.75) is 26.7 Å². The number of hydrogen-bond acceptors (Lipinski definition) is 2. The predicted molar refractivity (Wildman–Crippen MR) is 73.2 cm³/mol. The van der Waals surface area contributed by atoms with Crippen molar-refractivity contribution in [2.24, 2.45) is 0 Å². The molecule has 2 heteroatoms. The Hall–Kier alpha value is -1.96. The van der Waals surface area contributed by atoms with Gasteiger partial charge in [0.1, 0.15) is 11.5 Å². The molecule has 0 aliphatic heterocycles. The fourth-order valence-electron chi connectivity index (χ4n) is 2.23. The molecule has 18 heavy (non-hydrogen) atoms. The summed E-state index contributed by atoms with van der Waals surface area (Å²) < 4.78 is 0. The van der Waals surface area contributed by atoms with Gasteiger partial charge in [0.2, 0.25) is 0 Å². The highest BCUT2D eigenvalue weighted by Gasteiger charge is 2.12. The van der Waals surface area contributed by atoms with E-state index in [1.165, 1.54) is 5.56 Å². The zero-order valence-corrected chi connectivity index (χ0v) is 10.9. The lowest BCUT2D eigenvalue weighted by atomic mass is 9.89. The molecule has 0 radical (unpaired) electrons. The molecule has 1 atom stereocenters. The highest BCUT2D eigenvalue weighted by atomic mass is 16.3. The number of hydrogen-bond donors (Lipinski definition) is 2. The van der Waals surface area contributed by atoms with Crippen molar-refractivity contribution in [1.29, 1.82) is 0 Å². The van der Waals surface area contributed by atoms with Crippen molar-refractivity contribution in [3.8, 4) is 11.5 Å². The number of phenolic OH excluding ortho intramolecular Hbond substituents is 2. The van der Waals surface area contributed by atoms with Crippen molar-refractivity contribution in [3.63, 3.8) is 0 Å². The lowest BCUT2D eigenvalue weighted by Gasteiger charge is -2.17. The van der Waals surface area contributed by atoms with Crippen molar-refractivity contribution < 1.29 is 10.2 Å². The Morgan fingerprint density at radius 3 is 2.11 bits per heavy atom. The molecule has 0 saturated heterocycles. The minimum Gasteiger partial charge on any atom is -0.508 e. The maximum Gasteiger partial charge on any atom is 0.118 e. The summed E-state index contributed by atoms with van der Waals surface area (Å²) in [5.41, 5.74) is 4.33. The SMILES string of the molecule is Cc1cc(C(C)c2ccc(O)cc2)c(C)cc1O. The Labute approximate surface area is 108 Å². The zero-order valence-electron chi connectivity index (χ0n) is 10.9. The van der Waals surface area contributed by atoms with Gasteiger partial charge in [-0.1, -0.05) is 25.1 Å². The van der Waals surface area contributed by atoms with Crippen molar-refractivity contribution in [2.75, 3.05) is 0 Å². The summed E-state index contributed by atoms with van der Waals surface area (Å²) in [5, 5.41) is 19.0. The number of aromatic hydroxyl groups is 2. The van der Waals surface area contributed by atoms with Gasteiger partial charge in [0.15, 0.2) is 0 Å². The van der Waals surface area contributed by atoms with Crippen molar-refractivity contribution in [1.82, 2.24) is 0 Å². The van der Waals surface area contributed by atoms with Crippen LogP contribution in [0, 0.1) is 13.8 Å². The lowest BCUT2D eigenvalue weighted by Crippen LogP contribution is -1.99. The minimum atomic E-state index is 0.241. The quantitative estimate of drug-likeness (QED) is 0.839. The average Bonchev–Trinajstić information content (AvgIpc) is 2.34. The summed E-state index contributed by atoms with van der Waals surface area (Å²) in [6, 6.07) is 11.1. The fraction of sp³-hybridized carbons (Fsp3) is 0.250. The summed E-state index contributed by atoms with van der Waals surface area (Å²) >= 11 is 0. The molecule has 0 spiro atoms. The van der Waals surface area contributed by atoms with Gasteiger partial charge >= 0.3 is 0 Å². The fourth-order valence-corrected chi connectivity index (χ4v) is 2.23. The Morgan fingerprint density at radius 1 is 0.889 bits per heavy atom. The van der Waals surface area contributed by atoms with E-state index in [-0.39, 0.29) is 11.7 Å².